The van der Waals surface area contributed by atoms with Crippen LogP contribution in [0.3, 0.4) is 0 Å². The summed E-state index contributed by atoms with van der Waals surface area (Å²) in [7, 11) is 0. The molecule has 0 nitrogen and oxygen atoms in total. The van der Waals surface area contributed by atoms with Crippen molar-refractivity contribution in [3.63, 3.8) is 0 Å². The summed E-state index contributed by atoms with van der Waals surface area (Å²) < 4.78 is 27.7. The van der Waals surface area contributed by atoms with Crippen LogP contribution in [0.4, 0.5) is 8.78 Å². The fourth-order valence-electron chi connectivity index (χ4n) is 2.97. The molecule has 0 radical (unpaired) electrons. The Hall–Kier alpha value is -1.44. The van der Waals surface area contributed by atoms with Gasteiger partial charge >= 0.3 is 0 Å². The average molecular weight is 304 g/mol. The molecular formula is C20H26F2. The van der Waals surface area contributed by atoms with Crippen LogP contribution < -0.4 is 0 Å². The molecule has 0 N–H and O–H groups in total. The van der Waals surface area contributed by atoms with E-state index in [1.165, 1.54) is 19.3 Å². The third kappa shape index (κ3) is 4.28. The predicted octanol–water partition coefficient (Wildman–Crippen LogP) is 6.59. The van der Waals surface area contributed by atoms with Crippen molar-refractivity contribution in [2.75, 3.05) is 0 Å². The van der Waals surface area contributed by atoms with Gasteiger partial charge in [0.1, 0.15) is 0 Å². The van der Waals surface area contributed by atoms with Gasteiger partial charge in [-0.25, -0.2) is 8.78 Å². The number of allylic oxidation sites excluding steroid dienone is 4. The van der Waals surface area contributed by atoms with E-state index in [0.717, 1.165) is 31.3 Å². The largest absolute Gasteiger partial charge is 0.203 e. The second-order valence-electron chi connectivity index (χ2n) is 6.25. The summed E-state index contributed by atoms with van der Waals surface area (Å²) in [6.45, 7) is 3.81. The molecule has 0 aromatic heterocycles. The first kappa shape index (κ1) is 16.9. The van der Waals surface area contributed by atoms with E-state index in [9.17, 15) is 8.78 Å². The number of rotatable bonds is 6. The molecule has 2 rings (SSSR count). The molecule has 1 aliphatic carbocycles. The molecule has 1 unspecified atom stereocenters. The Morgan fingerprint density at radius 3 is 2.68 bits per heavy atom. The zero-order chi connectivity index (χ0) is 15.9. The van der Waals surface area contributed by atoms with E-state index >= 15 is 0 Å². The molecule has 1 aliphatic rings. The lowest BCUT2D eigenvalue weighted by Crippen LogP contribution is -2.05. The van der Waals surface area contributed by atoms with Crippen LogP contribution in [-0.2, 0) is 0 Å². The normalized spacial score (nSPS) is 18.7. The topological polar surface area (TPSA) is 0 Å². The van der Waals surface area contributed by atoms with E-state index in [-0.39, 0.29) is 0 Å². The maximum atomic E-state index is 14.0. The highest BCUT2D eigenvalue weighted by molar-refractivity contribution is 5.67. The number of hydrogen-bond acceptors (Lipinski definition) is 0. The molecular weight excluding hydrogens is 278 g/mol. The van der Waals surface area contributed by atoms with Gasteiger partial charge in [-0.1, -0.05) is 50.1 Å². The van der Waals surface area contributed by atoms with Gasteiger partial charge in [0, 0.05) is 5.56 Å². The summed E-state index contributed by atoms with van der Waals surface area (Å²) in [5, 5.41) is 0. The number of halogens is 2. The monoisotopic (exact) mass is 304 g/mol. The minimum Gasteiger partial charge on any atom is -0.203 e. The molecule has 0 saturated carbocycles. The molecule has 22 heavy (non-hydrogen) atoms. The van der Waals surface area contributed by atoms with Crippen molar-refractivity contribution >= 4 is 5.57 Å². The first-order valence-electron chi connectivity index (χ1n) is 8.44. The Kier molecular flexibility index (Phi) is 6.35. The fraction of sp³-hybridized carbons (Fsp3) is 0.500. The van der Waals surface area contributed by atoms with Crippen molar-refractivity contribution in [1.82, 2.24) is 0 Å². The van der Waals surface area contributed by atoms with Crippen LogP contribution >= 0.6 is 0 Å². The number of hydrogen-bond donors (Lipinski definition) is 0. The molecule has 0 heterocycles. The summed E-state index contributed by atoms with van der Waals surface area (Å²) in [6.07, 6.45) is 14.4. The molecule has 0 saturated heterocycles. The van der Waals surface area contributed by atoms with Gasteiger partial charge in [-0.3, -0.25) is 0 Å². The quantitative estimate of drug-likeness (QED) is 0.410. The molecule has 2 heteroatoms. The summed E-state index contributed by atoms with van der Waals surface area (Å²) in [5.41, 5.74) is 1.76. The fourth-order valence-corrected chi connectivity index (χ4v) is 2.97. The van der Waals surface area contributed by atoms with E-state index in [0.29, 0.717) is 17.0 Å². The standard InChI is InChI=1S/C20H26F2/c1-3-4-5-6-7-8-16-10-12-17(13-11-16)18-14-9-15(2)19(21)20(18)22/h7-9,12,14,16H,3-6,10-11,13H2,1-2H3. The van der Waals surface area contributed by atoms with Crippen molar-refractivity contribution in [2.45, 2.75) is 58.8 Å². The van der Waals surface area contributed by atoms with Crippen molar-refractivity contribution in [2.24, 2.45) is 5.92 Å². The van der Waals surface area contributed by atoms with E-state index in [1.54, 1.807) is 19.1 Å². The zero-order valence-electron chi connectivity index (χ0n) is 13.7. The smallest absolute Gasteiger partial charge is 0.166 e. The Morgan fingerprint density at radius 2 is 2.00 bits per heavy atom. The van der Waals surface area contributed by atoms with Crippen molar-refractivity contribution in [1.29, 1.82) is 0 Å². The Morgan fingerprint density at radius 1 is 1.18 bits per heavy atom. The average Bonchev–Trinajstić information content (AvgIpc) is 2.53. The van der Waals surface area contributed by atoms with Gasteiger partial charge < -0.3 is 0 Å². The van der Waals surface area contributed by atoms with Gasteiger partial charge in [0.25, 0.3) is 0 Å². The minimum absolute atomic E-state index is 0.366. The Bertz CT molecular complexity index is 555. The van der Waals surface area contributed by atoms with Crippen LogP contribution in [0.25, 0.3) is 5.57 Å². The van der Waals surface area contributed by atoms with Crippen LogP contribution in [0.2, 0.25) is 0 Å². The van der Waals surface area contributed by atoms with Crippen LogP contribution in [0.5, 0.6) is 0 Å². The maximum absolute atomic E-state index is 14.0. The highest BCUT2D eigenvalue weighted by Gasteiger charge is 2.18. The molecule has 0 spiro atoms. The highest BCUT2D eigenvalue weighted by atomic mass is 19.2. The lowest BCUT2D eigenvalue weighted by atomic mass is 9.86. The molecule has 1 atom stereocenters. The first-order valence-corrected chi connectivity index (χ1v) is 8.44. The third-order valence-corrected chi connectivity index (χ3v) is 4.46. The predicted molar refractivity (Wildman–Crippen MR) is 89.7 cm³/mol. The summed E-state index contributed by atoms with van der Waals surface area (Å²) >= 11 is 0. The van der Waals surface area contributed by atoms with Crippen molar-refractivity contribution in [3.05, 3.63) is 53.1 Å². The molecule has 0 fully saturated rings. The Balaban J connectivity index is 1.96. The van der Waals surface area contributed by atoms with Gasteiger partial charge in [0.2, 0.25) is 0 Å². The van der Waals surface area contributed by atoms with Crippen molar-refractivity contribution < 1.29 is 8.78 Å². The van der Waals surface area contributed by atoms with Gasteiger partial charge in [-0.2, -0.15) is 0 Å². The van der Waals surface area contributed by atoms with Crippen LogP contribution in [-0.4, -0.2) is 0 Å². The van der Waals surface area contributed by atoms with E-state index in [4.69, 9.17) is 0 Å². The lowest BCUT2D eigenvalue weighted by molar-refractivity contribution is 0.499. The second kappa shape index (κ2) is 8.26. The first-order chi connectivity index (χ1) is 10.6. The van der Waals surface area contributed by atoms with E-state index in [1.807, 2.05) is 0 Å². The summed E-state index contributed by atoms with van der Waals surface area (Å²) in [5.74, 6) is -0.861. The molecule has 120 valence electrons. The van der Waals surface area contributed by atoms with E-state index in [2.05, 4.69) is 25.2 Å². The molecule has 0 bridgehead atoms. The SMILES string of the molecule is CCCCCC=CC1CC=C(c2ccc(C)c(F)c2F)CC1. The maximum Gasteiger partial charge on any atom is 0.166 e. The third-order valence-electron chi connectivity index (χ3n) is 4.46. The zero-order valence-corrected chi connectivity index (χ0v) is 13.7. The molecule has 1 aromatic carbocycles. The molecule has 0 amide bonds. The van der Waals surface area contributed by atoms with Crippen LogP contribution in [0.1, 0.15) is 63.0 Å². The minimum atomic E-state index is -0.712. The number of unbranched alkanes of at least 4 members (excludes halogenated alkanes) is 3. The van der Waals surface area contributed by atoms with Gasteiger partial charge in [0.05, 0.1) is 0 Å². The van der Waals surface area contributed by atoms with Crippen molar-refractivity contribution in [3.8, 4) is 0 Å². The summed E-state index contributed by atoms with van der Waals surface area (Å²) in [6, 6.07) is 3.37. The van der Waals surface area contributed by atoms with Gasteiger partial charge in [-0.05, 0) is 56.1 Å². The molecule has 0 aliphatic heterocycles. The number of benzene rings is 1. The lowest BCUT2D eigenvalue weighted by Gasteiger charge is -2.20. The van der Waals surface area contributed by atoms with E-state index < -0.39 is 11.6 Å². The van der Waals surface area contributed by atoms with Crippen LogP contribution in [0, 0.1) is 24.5 Å². The Labute approximate surface area is 132 Å². The highest BCUT2D eigenvalue weighted by Crippen LogP contribution is 2.33. The number of aryl methyl sites for hydroxylation is 1. The second-order valence-corrected chi connectivity index (χ2v) is 6.25. The van der Waals surface area contributed by atoms with Crippen LogP contribution in [0.15, 0.2) is 30.4 Å². The molecule has 1 aromatic rings. The van der Waals surface area contributed by atoms with Gasteiger partial charge in [0.15, 0.2) is 11.6 Å². The summed E-state index contributed by atoms with van der Waals surface area (Å²) in [4.78, 5) is 0. The van der Waals surface area contributed by atoms with Gasteiger partial charge in [-0.15, -0.1) is 0 Å².